The summed E-state index contributed by atoms with van der Waals surface area (Å²) in [6.45, 7) is 0.837. The number of benzene rings is 1. The number of carbonyl (C=O) groups is 1. The highest BCUT2D eigenvalue weighted by Crippen LogP contribution is 2.23. The molecule has 0 spiro atoms. The smallest absolute Gasteiger partial charge is 0.263 e. The van der Waals surface area contributed by atoms with Crippen molar-refractivity contribution >= 4 is 45.0 Å². The predicted octanol–water partition coefficient (Wildman–Crippen LogP) is 2.06. The van der Waals surface area contributed by atoms with Crippen molar-refractivity contribution < 1.29 is 13.2 Å². The Morgan fingerprint density at radius 2 is 1.88 bits per heavy atom. The van der Waals surface area contributed by atoms with Crippen molar-refractivity contribution in [2.24, 2.45) is 7.05 Å². The van der Waals surface area contributed by atoms with Gasteiger partial charge in [-0.25, -0.2) is 8.42 Å². The molecule has 134 valence electrons. The first-order valence-corrected chi connectivity index (χ1v) is 10.5. The van der Waals surface area contributed by atoms with Gasteiger partial charge in [0.05, 0.1) is 5.56 Å². The van der Waals surface area contributed by atoms with Gasteiger partial charge in [-0.1, -0.05) is 11.6 Å². The molecular weight excluding hydrogens is 384 g/mol. The molecule has 1 aromatic carbocycles. The summed E-state index contributed by atoms with van der Waals surface area (Å²) in [6.07, 6.45) is 1.41. The number of rotatable bonds is 4. The summed E-state index contributed by atoms with van der Waals surface area (Å²) in [5.74, 6) is 0.942. The molecule has 2 heterocycles. The van der Waals surface area contributed by atoms with Crippen molar-refractivity contribution in [1.29, 1.82) is 0 Å². The second-order valence-electron chi connectivity index (χ2n) is 5.50. The van der Waals surface area contributed by atoms with E-state index in [-0.39, 0.29) is 10.6 Å². The number of carbonyl (C=O) groups excluding carboxylic acids is 1. The molecule has 1 aromatic heterocycles. The highest BCUT2D eigenvalue weighted by Gasteiger charge is 2.33. The number of amides is 1. The van der Waals surface area contributed by atoms with Gasteiger partial charge in [-0.15, -0.1) is 0 Å². The van der Waals surface area contributed by atoms with Crippen LogP contribution in [0.4, 0.5) is 5.69 Å². The molecule has 25 heavy (non-hydrogen) atoms. The number of hydrogen-bond donors (Lipinski definition) is 1. The van der Waals surface area contributed by atoms with Crippen LogP contribution in [-0.2, 0) is 17.1 Å². The van der Waals surface area contributed by atoms with E-state index in [1.807, 2.05) is 0 Å². The van der Waals surface area contributed by atoms with Gasteiger partial charge < -0.3 is 5.32 Å². The third-order valence-electron chi connectivity index (χ3n) is 3.70. The fourth-order valence-electron chi connectivity index (χ4n) is 2.46. The van der Waals surface area contributed by atoms with E-state index in [0.29, 0.717) is 23.8 Å². The molecule has 1 saturated heterocycles. The van der Waals surface area contributed by atoms with Crippen LogP contribution >= 0.6 is 23.4 Å². The molecule has 1 N–H and O–H groups in total. The van der Waals surface area contributed by atoms with Gasteiger partial charge in [0, 0.05) is 48.5 Å². The fraction of sp³-hybridized carbons (Fsp3) is 0.333. The molecular formula is C15H17ClN4O3S2. The van der Waals surface area contributed by atoms with Gasteiger partial charge >= 0.3 is 0 Å². The number of hydrogen-bond acceptors (Lipinski definition) is 5. The summed E-state index contributed by atoms with van der Waals surface area (Å²) < 4.78 is 28.4. The lowest BCUT2D eigenvalue weighted by Gasteiger charge is -2.24. The molecule has 7 nitrogen and oxygen atoms in total. The zero-order valence-electron chi connectivity index (χ0n) is 13.5. The lowest BCUT2D eigenvalue weighted by molar-refractivity contribution is 0.102. The van der Waals surface area contributed by atoms with Crippen LogP contribution in [0.2, 0.25) is 5.02 Å². The minimum absolute atomic E-state index is 0.0238. The molecule has 0 aliphatic carbocycles. The number of nitrogens with zero attached hydrogens (tertiary/aromatic N) is 3. The zero-order valence-corrected chi connectivity index (χ0v) is 15.9. The molecule has 3 rings (SSSR count). The SMILES string of the molecule is Cn1cc(C(=O)Nc2ccc(Cl)cc2)c(S(=O)(=O)N2CCSCC2)n1. The summed E-state index contributed by atoms with van der Waals surface area (Å²) in [7, 11) is -2.22. The summed E-state index contributed by atoms with van der Waals surface area (Å²) in [6, 6.07) is 6.58. The van der Waals surface area contributed by atoms with Crippen LogP contribution in [0.15, 0.2) is 35.5 Å². The van der Waals surface area contributed by atoms with Crippen molar-refractivity contribution in [3.8, 4) is 0 Å². The lowest BCUT2D eigenvalue weighted by atomic mass is 10.3. The summed E-state index contributed by atoms with van der Waals surface area (Å²) in [5, 5.41) is 7.04. The van der Waals surface area contributed by atoms with Crippen LogP contribution in [0.3, 0.4) is 0 Å². The lowest BCUT2D eigenvalue weighted by Crippen LogP contribution is -2.38. The Morgan fingerprint density at radius 1 is 1.24 bits per heavy atom. The van der Waals surface area contributed by atoms with Gasteiger partial charge in [0.1, 0.15) is 0 Å². The third-order valence-corrected chi connectivity index (χ3v) is 6.73. The van der Waals surface area contributed by atoms with E-state index in [4.69, 9.17) is 11.6 Å². The van der Waals surface area contributed by atoms with E-state index < -0.39 is 15.9 Å². The zero-order chi connectivity index (χ0) is 18.0. The average molecular weight is 401 g/mol. The van der Waals surface area contributed by atoms with E-state index in [1.165, 1.54) is 15.2 Å². The first kappa shape index (κ1) is 18.2. The number of thioether (sulfide) groups is 1. The first-order chi connectivity index (χ1) is 11.9. The molecule has 0 unspecified atom stereocenters. The first-order valence-electron chi connectivity index (χ1n) is 7.56. The Morgan fingerprint density at radius 3 is 2.52 bits per heavy atom. The molecule has 0 saturated carbocycles. The van der Waals surface area contributed by atoms with Crippen molar-refractivity contribution in [2.45, 2.75) is 5.03 Å². The second-order valence-corrected chi connectivity index (χ2v) is 9.01. The van der Waals surface area contributed by atoms with E-state index in [2.05, 4.69) is 10.4 Å². The number of anilines is 1. The maximum absolute atomic E-state index is 12.9. The van der Waals surface area contributed by atoms with Crippen LogP contribution in [0.5, 0.6) is 0 Å². The molecule has 1 fully saturated rings. The summed E-state index contributed by atoms with van der Waals surface area (Å²) in [5.41, 5.74) is 0.548. The Hall–Kier alpha value is -1.55. The highest BCUT2D eigenvalue weighted by molar-refractivity contribution is 7.99. The van der Waals surface area contributed by atoms with Crippen molar-refractivity contribution in [1.82, 2.24) is 14.1 Å². The van der Waals surface area contributed by atoms with E-state index >= 15 is 0 Å². The van der Waals surface area contributed by atoms with Crippen molar-refractivity contribution in [3.05, 3.63) is 41.0 Å². The normalized spacial score (nSPS) is 15.9. The van der Waals surface area contributed by atoms with Gasteiger partial charge in [0.25, 0.3) is 15.9 Å². The molecule has 0 atom stereocenters. The summed E-state index contributed by atoms with van der Waals surface area (Å²) in [4.78, 5) is 12.6. The molecule has 2 aromatic rings. The number of aryl methyl sites for hydroxylation is 1. The second kappa shape index (κ2) is 7.36. The minimum Gasteiger partial charge on any atom is -0.322 e. The van der Waals surface area contributed by atoms with Gasteiger partial charge in [-0.2, -0.15) is 21.2 Å². The topological polar surface area (TPSA) is 84.3 Å². The standard InChI is InChI=1S/C15H17ClN4O3S2/c1-19-10-13(14(21)17-12-4-2-11(16)3-5-12)15(18-19)25(22,23)20-6-8-24-9-7-20/h2-5,10H,6-9H2,1H3,(H,17,21). The van der Waals surface area contributed by atoms with Gasteiger partial charge in [0.2, 0.25) is 5.03 Å². The maximum atomic E-state index is 12.9. The predicted molar refractivity (Wildman–Crippen MR) is 98.7 cm³/mol. The van der Waals surface area contributed by atoms with E-state index in [1.54, 1.807) is 43.1 Å². The minimum atomic E-state index is -3.81. The molecule has 10 heteroatoms. The van der Waals surface area contributed by atoms with Gasteiger partial charge in [-0.05, 0) is 24.3 Å². The van der Waals surface area contributed by atoms with Crippen molar-refractivity contribution in [2.75, 3.05) is 29.9 Å². The third kappa shape index (κ3) is 4.00. The number of nitrogens with one attached hydrogen (secondary N) is 1. The quantitative estimate of drug-likeness (QED) is 0.849. The summed E-state index contributed by atoms with van der Waals surface area (Å²) >= 11 is 7.53. The van der Waals surface area contributed by atoms with Crippen LogP contribution in [-0.4, -0.2) is 53.0 Å². The maximum Gasteiger partial charge on any atom is 0.263 e. The Balaban J connectivity index is 1.89. The number of halogens is 1. The van der Waals surface area contributed by atoms with E-state index in [9.17, 15) is 13.2 Å². The van der Waals surface area contributed by atoms with Crippen LogP contribution < -0.4 is 5.32 Å². The Labute approximate surface area is 155 Å². The Bertz CT molecular complexity index is 875. The van der Waals surface area contributed by atoms with Crippen LogP contribution in [0.1, 0.15) is 10.4 Å². The average Bonchev–Trinajstić information content (AvgIpc) is 3.00. The van der Waals surface area contributed by atoms with E-state index in [0.717, 1.165) is 11.5 Å². The molecule has 0 radical (unpaired) electrons. The molecule has 0 bridgehead atoms. The number of aromatic nitrogens is 2. The monoisotopic (exact) mass is 400 g/mol. The highest BCUT2D eigenvalue weighted by atomic mass is 35.5. The van der Waals surface area contributed by atoms with Crippen LogP contribution in [0, 0.1) is 0 Å². The largest absolute Gasteiger partial charge is 0.322 e. The van der Waals surface area contributed by atoms with Crippen LogP contribution in [0.25, 0.3) is 0 Å². The molecule has 1 aliphatic rings. The fourth-order valence-corrected chi connectivity index (χ4v) is 5.28. The molecule has 1 aliphatic heterocycles. The Kier molecular flexibility index (Phi) is 5.38. The van der Waals surface area contributed by atoms with Gasteiger partial charge in [0.15, 0.2) is 0 Å². The van der Waals surface area contributed by atoms with Gasteiger partial charge in [-0.3, -0.25) is 9.48 Å². The molecule has 1 amide bonds. The number of sulfonamides is 1. The van der Waals surface area contributed by atoms with Crippen molar-refractivity contribution in [3.63, 3.8) is 0 Å².